The number of hydrogen-bond acceptors (Lipinski definition) is 12. The average Bonchev–Trinajstić information content (AvgIpc) is 3.55. The van der Waals surface area contributed by atoms with Gasteiger partial charge in [-0.25, -0.2) is 19.6 Å². The van der Waals surface area contributed by atoms with Crippen LogP contribution in [-0.4, -0.2) is 49.9 Å². The third-order valence-electron chi connectivity index (χ3n) is 6.11. The molecule has 0 aliphatic carbocycles. The largest absolute Gasteiger partial charge is 0.493 e. The van der Waals surface area contributed by atoms with Gasteiger partial charge in [0.05, 0.1) is 14.2 Å². The number of hydrogen-bond donors (Lipinski definition) is 0. The molecule has 12 nitrogen and oxygen atoms in total. The lowest BCUT2D eigenvalue weighted by atomic mass is 10.1. The van der Waals surface area contributed by atoms with Crippen LogP contribution in [-0.2, 0) is 28.7 Å². The summed E-state index contributed by atoms with van der Waals surface area (Å²) >= 11 is 0. The fourth-order valence-corrected chi connectivity index (χ4v) is 4.16. The zero-order valence-corrected chi connectivity index (χ0v) is 23.9. The van der Waals surface area contributed by atoms with Gasteiger partial charge >= 0.3 is 23.9 Å². The Morgan fingerprint density at radius 2 is 1.00 bits per heavy atom. The van der Waals surface area contributed by atoms with Crippen molar-refractivity contribution in [3.05, 3.63) is 94.3 Å². The number of nitrogens with zero attached hydrogens (tertiary/aromatic N) is 2. The molecule has 3 aromatic carbocycles. The van der Waals surface area contributed by atoms with Gasteiger partial charge in [0, 0.05) is 25.0 Å². The minimum atomic E-state index is -0.645. The first-order valence-corrected chi connectivity index (χ1v) is 13.0. The van der Waals surface area contributed by atoms with E-state index in [9.17, 15) is 19.2 Å². The molecule has 0 atom stereocenters. The molecule has 0 bridgehead atoms. The van der Waals surface area contributed by atoms with Gasteiger partial charge in [-0.2, -0.15) is 0 Å². The van der Waals surface area contributed by atoms with Crippen molar-refractivity contribution in [2.45, 2.75) is 13.8 Å². The summed E-state index contributed by atoms with van der Waals surface area (Å²) in [6.07, 6.45) is 3.04. The van der Waals surface area contributed by atoms with Crippen LogP contribution < -0.4 is 18.9 Å². The van der Waals surface area contributed by atoms with E-state index in [1.165, 1.54) is 40.2 Å². The number of benzene rings is 3. The van der Waals surface area contributed by atoms with Crippen LogP contribution in [0.25, 0.3) is 12.2 Å². The van der Waals surface area contributed by atoms with Gasteiger partial charge in [0.1, 0.15) is 0 Å². The van der Waals surface area contributed by atoms with E-state index in [0.29, 0.717) is 33.8 Å². The highest BCUT2D eigenvalue weighted by molar-refractivity contribution is 6.14. The number of methoxy groups -OCH3 is 2. The second-order valence-electron chi connectivity index (χ2n) is 9.26. The van der Waals surface area contributed by atoms with E-state index in [1.807, 2.05) is 0 Å². The monoisotopic (exact) mass is 596 g/mol. The highest BCUT2D eigenvalue weighted by Gasteiger charge is 2.27. The summed E-state index contributed by atoms with van der Waals surface area (Å²) in [5, 5.41) is 0. The number of ether oxygens (including phenoxy) is 6. The van der Waals surface area contributed by atoms with Crippen LogP contribution in [0.15, 0.2) is 82.0 Å². The third-order valence-corrected chi connectivity index (χ3v) is 6.11. The van der Waals surface area contributed by atoms with Crippen LogP contribution in [0.3, 0.4) is 0 Å². The van der Waals surface area contributed by atoms with Crippen molar-refractivity contribution >= 4 is 47.8 Å². The van der Waals surface area contributed by atoms with E-state index < -0.39 is 23.9 Å². The first-order chi connectivity index (χ1) is 21.1. The number of esters is 4. The van der Waals surface area contributed by atoms with Crippen molar-refractivity contribution in [2.75, 3.05) is 14.2 Å². The van der Waals surface area contributed by atoms with Crippen LogP contribution in [0.5, 0.6) is 23.0 Å². The molecule has 12 heteroatoms. The number of carbonyl (C=O) groups is 4. The molecule has 0 unspecified atom stereocenters. The number of carbonyl (C=O) groups excluding carboxylic acids is 4. The summed E-state index contributed by atoms with van der Waals surface area (Å²) in [6.45, 7) is 2.56. The van der Waals surface area contributed by atoms with E-state index in [2.05, 4.69) is 9.98 Å². The molecule has 5 rings (SSSR count). The molecular formula is C32H24N2O10. The summed E-state index contributed by atoms with van der Waals surface area (Å²) in [5.74, 6) is -0.975. The zero-order valence-electron chi connectivity index (χ0n) is 23.9. The van der Waals surface area contributed by atoms with Crippen molar-refractivity contribution in [2.24, 2.45) is 9.98 Å². The Hall–Kier alpha value is -6.04. The molecule has 3 aromatic rings. The van der Waals surface area contributed by atoms with Crippen LogP contribution >= 0.6 is 0 Å². The predicted octanol–water partition coefficient (Wildman–Crippen LogP) is 4.24. The van der Waals surface area contributed by atoms with Crippen molar-refractivity contribution < 1.29 is 47.6 Å². The average molecular weight is 597 g/mol. The van der Waals surface area contributed by atoms with E-state index >= 15 is 0 Å². The fraction of sp³-hybridized carbons (Fsp3) is 0.125. The molecule has 0 saturated heterocycles. The van der Waals surface area contributed by atoms with Crippen molar-refractivity contribution in [3.8, 4) is 23.0 Å². The highest BCUT2D eigenvalue weighted by Crippen LogP contribution is 2.31. The smallest absolute Gasteiger partial charge is 0.363 e. The molecule has 0 radical (unpaired) electrons. The third kappa shape index (κ3) is 6.54. The number of aliphatic imine (C=N–C) groups is 2. The molecule has 2 heterocycles. The van der Waals surface area contributed by atoms with E-state index in [-0.39, 0.29) is 34.7 Å². The van der Waals surface area contributed by atoms with Crippen molar-refractivity contribution in [3.63, 3.8) is 0 Å². The normalized spacial score (nSPS) is 15.8. The summed E-state index contributed by atoms with van der Waals surface area (Å²) in [5.41, 5.74) is 2.30. The molecule has 0 spiro atoms. The Morgan fingerprint density at radius 3 is 1.34 bits per heavy atom. The topological polar surface area (TPSA) is 148 Å². The van der Waals surface area contributed by atoms with Gasteiger partial charge in [-0.15, -0.1) is 0 Å². The summed E-state index contributed by atoms with van der Waals surface area (Å²) < 4.78 is 31.5. The van der Waals surface area contributed by atoms with Crippen LogP contribution in [0.4, 0.5) is 0 Å². The van der Waals surface area contributed by atoms with E-state index in [1.54, 1.807) is 60.7 Å². The van der Waals surface area contributed by atoms with E-state index in [4.69, 9.17) is 28.4 Å². The summed E-state index contributed by atoms with van der Waals surface area (Å²) in [6, 6.07) is 16.2. The molecule has 222 valence electrons. The molecule has 0 N–H and O–H groups in total. The summed E-state index contributed by atoms with van der Waals surface area (Å²) in [4.78, 5) is 56.2. The quantitative estimate of drug-likeness (QED) is 0.210. The summed E-state index contributed by atoms with van der Waals surface area (Å²) in [7, 11) is 2.87. The molecule has 0 saturated carbocycles. The van der Waals surface area contributed by atoms with Gasteiger partial charge < -0.3 is 28.4 Å². The van der Waals surface area contributed by atoms with Crippen molar-refractivity contribution in [1.82, 2.24) is 0 Å². The number of cyclic esters (lactones) is 2. The standard InChI is InChI=1S/C32H24N2O10/c1-17(35)41-25-11-5-19(15-27(25)39-3)13-23-31(37)43-29(33-23)21-7-9-22(10-8-21)30-34-24(32(38)44-30)14-20-6-12-26(42-18(2)36)28(16-20)40-4/h5-16H,1-4H3/b23-13-,24-14-. The Kier molecular flexibility index (Phi) is 8.33. The second kappa shape index (κ2) is 12.4. The lowest BCUT2D eigenvalue weighted by Gasteiger charge is -2.08. The molecule has 2 aliphatic heterocycles. The molecule has 2 aliphatic rings. The van der Waals surface area contributed by atoms with Crippen LogP contribution in [0.2, 0.25) is 0 Å². The molecule has 0 aromatic heterocycles. The van der Waals surface area contributed by atoms with Crippen LogP contribution in [0, 0.1) is 0 Å². The lowest BCUT2D eigenvalue weighted by Crippen LogP contribution is -2.08. The maximum Gasteiger partial charge on any atom is 0.363 e. The number of rotatable bonds is 8. The Morgan fingerprint density at radius 1 is 0.614 bits per heavy atom. The van der Waals surface area contributed by atoms with Gasteiger partial charge in [0.25, 0.3) is 0 Å². The first-order valence-electron chi connectivity index (χ1n) is 13.0. The van der Waals surface area contributed by atoms with Gasteiger partial charge in [0.15, 0.2) is 34.4 Å². The van der Waals surface area contributed by atoms with Crippen LogP contribution in [0.1, 0.15) is 36.1 Å². The fourth-order valence-electron chi connectivity index (χ4n) is 4.16. The van der Waals surface area contributed by atoms with Gasteiger partial charge in [-0.1, -0.05) is 12.1 Å². The van der Waals surface area contributed by atoms with E-state index in [0.717, 1.165) is 0 Å². The van der Waals surface area contributed by atoms with Gasteiger partial charge in [-0.05, 0) is 71.8 Å². The highest BCUT2D eigenvalue weighted by atomic mass is 16.6. The zero-order chi connectivity index (χ0) is 31.4. The maximum atomic E-state index is 12.5. The Balaban J connectivity index is 1.33. The minimum Gasteiger partial charge on any atom is -0.493 e. The van der Waals surface area contributed by atoms with Crippen molar-refractivity contribution in [1.29, 1.82) is 0 Å². The SMILES string of the molecule is COc1cc(/C=C2\N=C(c3ccc(C4=N/C(=C\c5ccc(OC(C)=O)c(OC)c5)C(=O)O4)cc3)OC2=O)ccc1OC(C)=O. The van der Waals surface area contributed by atoms with Gasteiger partial charge in [-0.3, -0.25) is 9.59 Å². The molecule has 0 amide bonds. The van der Waals surface area contributed by atoms with Gasteiger partial charge in [0.2, 0.25) is 11.8 Å². The molecular weight excluding hydrogens is 572 g/mol. The lowest BCUT2D eigenvalue weighted by molar-refractivity contribution is -0.132. The first kappa shape index (κ1) is 29.5. The second-order valence-corrected chi connectivity index (χ2v) is 9.26. The Bertz CT molecular complexity index is 1680. The predicted molar refractivity (Wildman–Crippen MR) is 156 cm³/mol. The Labute approximate surface area is 250 Å². The minimum absolute atomic E-state index is 0.0627. The maximum absolute atomic E-state index is 12.5. The molecule has 44 heavy (non-hydrogen) atoms. The molecule has 0 fully saturated rings.